The quantitative estimate of drug-likeness (QED) is 0.923. The Morgan fingerprint density at radius 2 is 2.11 bits per heavy atom. The van der Waals surface area contributed by atoms with E-state index in [1.807, 2.05) is 0 Å². The molecule has 1 aromatic carbocycles. The molecular weight excluding hydrogens is 256 g/mol. The maximum atomic E-state index is 13.3. The predicted octanol–water partition coefficient (Wildman–Crippen LogP) is 2.64. The van der Waals surface area contributed by atoms with Gasteiger partial charge in [-0.3, -0.25) is 0 Å². The number of hydrogen-bond acceptors (Lipinski definition) is 3. The lowest BCUT2D eigenvalue weighted by atomic mass is 10.2. The lowest BCUT2D eigenvalue weighted by Gasteiger charge is -2.08. The third-order valence-corrected chi connectivity index (χ3v) is 2.37. The van der Waals surface area contributed by atoms with E-state index in [0.717, 1.165) is 12.1 Å². The van der Waals surface area contributed by atoms with E-state index in [9.17, 15) is 13.6 Å². The summed E-state index contributed by atoms with van der Waals surface area (Å²) in [6.07, 6.45) is 1.34. The van der Waals surface area contributed by atoms with Gasteiger partial charge in [0.1, 0.15) is 12.4 Å². The van der Waals surface area contributed by atoms with E-state index in [2.05, 4.69) is 4.98 Å². The summed E-state index contributed by atoms with van der Waals surface area (Å²) in [6, 6.07) is 5.95. The van der Waals surface area contributed by atoms with Gasteiger partial charge >= 0.3 is 5.97 Å². The molecule has 0 amide bonds. The molecule has 1 aromatic heterocycles. The molecule has 0 radical (unpaired) electrons. The largest absolute Gasteiger partial charge is 0.486 e. The van der Waals surface area contributed by atoms with Crippen LogP contribution in [0.2, 0.25) is 0 Å². The van der Waals surface area contributed by atoms with Gasteiger partial charge in [-0.15, -0.1) is 0 Å². The highest BCUT2D eigenvalue weighted by Gasteiger charge is 2.12. The number of aromatic carboxylic acids is 1. The minimum Gasteiger partial charge on any atom is -0.486 e. The minimum absolute atomic E-state index is 0.151. The molecule has 0 aliphatic carbocycles. The summed E-state index contributed by atoms with van der Waals surface area (Å²) in [4.78, 5) is 14.6. The van der Waals surface area contributed by atoms with Gasteiger partial charge in [0, 0.05) is 17.8 Å². The molecule has 2 aromatic rings. The summed E-state index contributed by atoms with van der Waals surface area (Å²) in [5.41, 5.74) is 0.142. The van der Waals surface area contributed by atoms with Crippen LogP contribution in [0.1, 0.15) is 16.1 Å². The maximum Gasteiger partial charge on any atom is 0.354 e. The van der Waals surface area contributed by atoms with E-state index < -0.39 is 17.6 Å². The molecule has 1 heterocycles. The molecule has 0 unspecified atom stereocenters. The highest BCUT2D eigenvalue weighted by atomic mass is 19.1. The molecule has 0 bridgehead atoms. The van der Waals surface area contributed by atoms with Crippen molar-refractivity contribution in [1.82, 2.24) is 4.98 Å². The fourth-order valence-corrected chi connectivity index (χ4v) is 1.50. The lowest BCUT2D eigenvalue weighted by Crippen LogP contribution is -2.08. The number of rotatable bonds is 4. The lowest BCUT2D eigenvalue weighted by molar-refractivity contribution is 0.0687. The van der Waals surface area contributed by atoms with Crippen molar-refractivity contribution in [2.45, 2.75) is 6.61 Å². The average molecular weight is 265 g/mol. The number of carboxylic acid groups (broad SMARTS) is 1. The molecule has 0 fully saturated rings. The minimum atomic E-state index is -1.20. The summed E-state index contributed by atoms with van der Waals surface area (Å²) in [6.45, 7) is -0.169. The number of carbonyl (C=O) groups is 1. The van der Waals surface area contributed by atoms with E-state index >= 15 is 0 Å². The molecule has 0 saturated heterocycles. The zero-order valence-corrected chi connectivity index (χ0v) is 9.64. The number of nitrogens with zero attached hydrogens (tertiary/aromatic N) is 1. The second-order valence-electron chi connectivity index (χ2n) is 3.68. The van der Waals surface area contributed by atoms with Crippen LogP contribution in [-0.2, 0) is 6.61 Å². The molecule has 0 spiro atoms. The van der Waals surface area contributed by atoms with E-state index in [1.54, 1.807) is 6.07 Å². The van der Waals surface area contributed by atoms with Crippen molar-refractivity contribution in [2.75, 3.05) is 0 Å². The van der Waals surface area contributed by atoms with Crippen LogP contribution in [-0.4, -0.2) is 16.1 Å². The Morgan fingerprint density at radius 3 is 2.79 bits per heavy atom. The smallest absolute Gasteiger partial charge is 0.354 e. The first-order valence-electron chi connectivity index (χ1n) is 5.33. The third-order valence-electron chi connectivity index (χ3n) is 2.37. The van der Waals surface area contributed by atoms with Crippen LogP contribution in [0.5, 0.6) is 5.75 Å². The van der Waals surface area contributed by atoms with Crippen molar-refractivity contribution in [3.8, 4) is 5.75 Å². The molecule has 19 heavy (non-hydrogen) atoms. The normalized spacial score (nSPS) is 10.2. The molecule has 4 nitrogen and oxygen atoms in total. The Kier molecular flexibility index (Phi) is 3.70. The first-order chi connectivity index (χ1) is 9.08. The third kappa shape index (κ3) is 3.04. The fraction of sp³-hybridized carbons (Fsp3) is 0.0769. The van der Waals surface area contributed by atoms with E-state index in [4.69, 9.17) is 9.84 Å². The molecular formula is C13H9F2NO3. The molecule has 0 atom stereocenters. The molecule has 0 aliphatic heterocycles. The Labute approximate surface area is 107 Å². The maximum absolute atomic E-state index is 13.3. The van der Waals surface area contributed by atoms with Crippen molar-refractivity contribution in [1.29, 1.82) is 0 Å². The Hall–Kier alpha value is -2.50. The van der Waals surface area contributed by atoms with Crippen LogP contribution < -0.4 is 4.74 Å². The molecule has 0 saturated carbocycles. The van der Waals surface area contributed by atoms with E-state index in [1.165, 1.54) is 12.3 Å². The Balaban J connectivity index is 2.17. The summed E-state index contributed by atoms with van der Waals surface area (Å²) in [5.74, 6) is -2.90. The number of benzene rings is 1. The van der Waals surface area contributed by atoms with Crippen LogP contribution in [0.3, 0.4) is 0 Å². The number of aromatic nitrogens is 1. The average Bonchev–Trinajstić information content (AvgIpc) is 2.38. The van der Waals surface area contributed by atoms with E-state index in [0.29, 0.717) is 11.6 Å². The van der Waals surface area contributed by atoms with Gasteiger partial charge in [0.05, 0.1) is 0 Å². The molecule has 1 N–H and O–H groups in total. The van der Waals surface area contributed by atoms with E-state index in [-0.39, 0.29) is 18.1 Å². The van der Waals surface area contributed by atoms with Crippen molar-refractivity contribution in [2.24, 2.45) is 0 Å². The zero-order chi connectivity index (χ0) is 13.8. The first-order valence-corrected chi connectivity index (χ1v) is 5.33. The van der Waals surface area contributed by atoms with Gasteiger partial charge in [0.2, 0.25) is 0 Å². The number of hydrogen-bond donors (Lipinski definition) is 1. The summed E-state index contributed by atoms with van der Waals surface area (Å²) >= 11 is 0. The van der Waals surface area contributed by atoms with Crippen LogP contribution in [0.25, 0.3) is 0 Å². The van der Waals surface area contributed by atoms with Gasteiger partial charge in [-0.2, -0.15) is 0 Å². The monoisotopic (exact) mass is 265 g/mol. The number of carboxylic acids is 1. The zero-order valence-electron chi connectivity index (χ0n) is 9.64. The summed E-state index contributed by atoms with van der Waals surface area (Å²) < 4.78 is 31.1. The predicted molar refractivity (Wildman–Crippen MR) is 61.9 cm³/mol. The van der Waals surface area contributed by atoms with Gasteiger partial charge in [-0.25, -0.2) is 18.6 Å². The van der Waals surface area contributed by atoms with Gasteiger partial charge in [0.25, 0.3) is 0 Å². The first kappa shape index (κ1) is 12.9. The summed E-state index contributed by atoms with van der Waals surface area (Å²) in [7, 11) is 0. The van der Waals surface area contributed by atoms with Gasteiger partial charge in [0.15, 0.2) is 17.3 Å². The SMILES string of the molecule is O=C(O)c1ncccc1COc1ccc(F)cc1F. The van der Waals surface area contributed by atoms with Crippen molar-refractivity contribution in [3.63, 3.8) is 0 Å². The highest BCUT2D eigenvalue weighted by molar-refractivity contribution is 5.86. The summed E-state index contributed by atoms with van der Waals surface area (Å²) in [5, 5.41) is 8.91. The molecule has 0 aliphatic rings. The number of pyridine rings is 1. The van der Waals surface area contributed by atoms with Gasteiger partial charge in [-0.05, 0) is 18.2 Å². The van der Waals surface area contributed by atoms with Crippen molar-refractivity contribution in [3.05, 3.63) is 59.4 Å². The topological polar surface area (TPSA) is 59.4 Å². The van der Waals surface area contributed by atoms with Crippen LogP contribution in [0, 0.1) is 11.6 Å². The molecule has 6 heteroatoms. The highest BCUT2D eigenvalue weighted by Crippen LogP contribution is 2.19. The Bertz CT molecular complexity index is 617. The van der Waals surface area contributed by atoms with Gasteiger partial charge in [-0.1, -0.05) is 6.07 Å². The van der Waals surface area contributed by atoms with Crippen molar-refractivity contribution >= 4 is 5.97 Å². The number of ether oxygens (including phenoxy) is 1. The molecule has 2 rings (SSSR count). The second kappa shape index (κ2) is 5.43. The second-order valence-corrected chi connectivity index (χ2v) is 3.68. The van der Waals surface area contributed by atoms with Crippen LogP contribution in [0.4, 0.5) is 8.78 Å². The van der Waals surface area contributed by atoms with Crippen LogP contribution >= 0.6 is 0 Å². The number of halogens is 2. The molecule has 98 valence electrons. The van der Waals surface area contributed by atoms with Crippen molar-refractivity contribution < 1.29 is 23.4 Å². The Morgan fingerprint density at radius 1 is 1.32 bits per heavy atom. The fourth-order valence-electron chi connectivity index (χ4n) is 1.50. The van der Waals surface area contributed by atoms with Crippen LogP contribution in [0.15, 0.2) is 36.5 Å². The standard InChI is InChI=1S/C13H9F2NO3/c14-9-3-4-11(10(15)6-9)19-7-8-2-1-5-16-12(8)13(17)18/h1-6H,7H2,(H,17,18). The van der Waals surface area contributed by atoms with Gasteiger partial charge < -0.3 is 9.84 Å².